The van der Waals surface area contributed by atoms with Gasteiger partial charge in [-0.1, -0.05) is 12.1 Å². The maximum atomic E-state index is 11.1. The zero-order valence-corrected chi connectivity index (χ0v) is 10.2. The number of anilines is 1. The van der Waals surface area contributed by atoms with Gasteiger partial charge in [0.25, 0.3) is 0 Å². The summed E-state index contributed by atoms with van der Waals surface area (Å²) in [5.74, 6) is 5.62. The van der Waals surface area contributed by atoms with Crippen molar-refractivity contribution >= 4 is 11.4 Å². The zero-order chi connectivity index (χ0) is 14.5. The Labute approximate surface area is 114 Å². The molecule has 7 heteroatoms. The molecule has 0 aliphatic carbocycles. The Morgan fingerprint density at radius 2 is 2.05 bits per heavy atom. The molecule has 0 radical (unpaired) electrons. The van der Waals surface area contributed by atoms with E-state index in [4.69, 9.17) is 15.8 Å². The van der Waals surface area contributed by atoms with Crippen LogP contribution in [0.5, 0.6) is 11.5 Å². The van der Waals surface area contributed by atoms with Crippen LogP contribution in [0.3, 0.4) is 0 Å². The fourth-order valence-corrected chi connectivity index (χ4v) is 1.67. The van der Waals surface area contributed by atoms with Crippen molar-refractivity contribution in [3.63, 3.8) is 0 Å². The molecule has 2 aromatic rings. The predicted octanol–water partition coefficient (Wildman–Crippen LogP) is 2.54. The fraction of sp³-hybridized carbons (Fsp3) is 0. The Bertz CT molecular complexity index is 694. The van der Waals surface area contributed by atoms with Crippen LogP contribution in [0, 0.1) is 21.4 Å². The van der Waals surface area contributed by atoms with Crippen molar-refractivity contribution in [2.24, 2.45) is 5.84 Å². The van der Waals surface area contributed by atoms with Gasteiger partial charge in [0.05, 0.1) is 16.6 Å². The largest absolute Gasteiger partial charge is 0.450 e. The van der Waals surface area contributed by atoms with Crippen LogP contribution in [0.1, 0.15) is 5.56 Å². The third-order valence-corrected chi connectivity index (χ3v) is 2.53. The summed E-state index contributed by atoms with van der Waals surface area (Å²) in [5.41, 5.74) is 2.53. The summed E-state index contributed by atoms with van der Waals surface area (Å²) in [6.45, 7) is 0. The fourth-order valence-electron chi connectivity index (χ4n) is 1.67. The molecule has 0 aromatic heterocycles. The van der Waals surface area contributed by atoms with Gasteiger partial charge < -0.3 is 10.2 Å². The van der Waals surface area contributed by atoms with Gasteiger partial charge in [0, 0.05) is 0 Å². The quantitative estimate of drug-likeness (QED) is 0.501. The van der Waals surface area contributed by atoms with Crippen LogP contribution in [0.15, 0.2) is 42.5 Å². The summed E-state index contributed by atoms with van der Waals surface area (Å²) >= 11 is 0. The molecule has 0 saturated heterocycles. The summed E-state index contributed by atoms with van der Waals surface area (Å²) < 4.78 is 5.47. The van der Waals surface area contributed by atoms with Crippen LogP contribution in [0.4, 0.5) is 11.4 Å². The molecule has 7 nitrogen and oxygen atoms in total. The van der Waals surface area contributed by atoms with E-state index in [2.05, 4.69) is 5.43 Å². The molecule has 20 heavy (non-hydrogen) atoms. The smallest absolute Gasteiger partial charge is 0.335 e. The average molecular weight is 270 g/mol. The number of hydrogen-bond acceptors (Lipinski definition) is 6. The Balaban J connectivity index is 2.43. The molecule has 0 fully saturated rings. The van der Waals surface area contributed by atoms with Crippen molar-refractivity contribution in [2.75, 3.05) is 5.43 Å². The third kappa shape index (κ3) is 2.66. The first-order valence-corrected chi connectivity index (χ1v) is 5.57. The van der Waals surface area contributed by atoms with Crippen LogP contribution in [-0.2, 0) is 0 Å². The highest BCUT2D eigenvalue weighted by molar-refractivity contribution is 5.68. The van der Waals surface area contributed by atoms with E-state index in [0.717, 1.165) is 0 Å². The van der Waals surface area contributed by atoms with E-state index in [0.29, 0.717) is 11.3 Å². The van der Waals surface area contributed by atoms with E-state index in [1.165, 1.54) is 18.2 Å². The second-order valence-electron chi connectivity index (χ2n) is 3.80. The number of nitro benzene ring substituents is 1. The summed E-state index contributed by atoms with van der Waals surface area (Å²) in [6.07, 6.45) is 0. The molecule has 0 spiro atoms. The molecule has 0 unspecified atom stereocenters. The first-order chi connectivity index (χ1) is 9.65. The van der Waals surface area contributed by atoms with Gasteiger partial charge in [-0.25, -0.2) is 0 Å². The lowest BCUT2D eigenvalue weighted by molar-refractivity contribution is -0.384. The monoisotopic (exact) mass is 270 g/mol. The maximum absolute atomic E-state index is 11.1. The minimum absolute atomic E-state index is 0.0422. The Hall–Kier alpha value is -3.11. The number of hydrazine groups is 1. The van der Waals surface area contributed by atoms with Gasteiger partial charge in [-0.05, 0) is 30.3 Å². The number of hydrogen-bond donors (Lipinski definition) is 2. The van der Waals surface area contributed by atoms with Gasteiger partial charge in [0.2, 0.25) is 5.75 Å². The lowest BCUT2D eigenvalue weighted by Gasteiger charge is -2.09. The summed E-state index contributed by atoms with van der Waals surface area (Å²) in [6, 6.07) is 12.8. The summed E-state index contributed by atoms with van der Waals surface area (Å²) in [7, 11) is 0. The number of nitrogens with one attached hydrogen (secondary N) is 1. The lowest BCUT2D eigenvalue weighted by Crippen LogP contribution is -2.09. The normalized spacial score (nSPS) is 9.60. The van der Waals surface area contributed by atoms with Crippen molar-refractivity contribution in [3.8, 4) is 17.6 Å². The van der Waals surface area contributed by atoms with Crippen LogP contribution < -0.4 is 16.0 Å². The summed E-state index contributed by atoms with van der Waals surface area (Å²) in [5, 5.41) is 19.9. The number of nitro groups is 1. The Morgan fingerprint density at radius 1 is 1.30 bits per heavy atom. The minimum Gasteiger partial charge on any atom is -0.450 e. The van der Waals surface area contributed by atoms with Gasteiger partial charge >= 0.3 is 5.69 Å². The van der Waals surface area contributed by atoms with Crippen LogP contribution in [0.2, 0.25) is 0 Å². The predicted molar refractivity (Wildman–Crippen MR) is 72.1 cm³/mol. The highest BCUT2D eigenvalue weighted by atomic mass is 16.6. The molecule has 0 amide bonds. The van der Waals surface area contributed by atoms with Crippen LogP contribution in [0.25, 0.3) is 0 Å². The topological polar surface area (TPSA) is 114 Å². The van der Waals surface area contributed by atoms with Gasteiger partial charge in [0.1, 0.15) is 11.4 Å². The number of ether oxygens (including phenoxy) is 1. The van der Waals surface area contributed by atoms with Crippen LogP contribution >= 0.6 is 0 Å². The molecule has 2 rings (SSSR count). The first kappa shape index (κ1) is 13.3. The molecular formula is C13H10N4O3. The van der Waals surface area contributed by atoms with Crippen molar-refractivity contribution in [2.45, 2.75) is 0 Å². The molecule has 0 saturated carbocycles. The number of nitrogen functional groups attached to an aromatic ring is 1. The van der Waals surface area contributed by atoms with Crippen molar-refractivity contribution in [1.82, 2.24) is 0 Å². The zero-order valence-electron chi connectivity index (χ0n) is 10.2. The van der Waals surface area contributed by atoms with Gasteiger partial charge in [-0.2, -0.15) is 5.26 Å². The van der Waals surface area contributed by atoms with Crippen molar-refractivity contribution in [1.29, 1.82) is 5.26 Å². The van der Waals surface area contributed by atoms with E-state index in [1.807, 2.05) is 6.07 Å². The highest BCUT2D eigenvalue weighted by Crippen LogP contribution is 2.37. The number of rotatable bonds is 4. The standard InChI is InChI=1S/C13H10N4O3/c14-8-9-3-1-4-10(7-9)20-12-6-2-5-11(16-15)13(12)17(18)19/h1-7,16H,15H2. The molecule has 0 aliphatic rings. The van der Waals surface area contributed by atoms with Crippen molar-refractivity contribution < 1.29 is 9.66 Å². The number of nitrogens with zero attached hydrogens (tertiary/aromatic N) is 2. The number of para-hydroxylation sites is 1. The van der Waals surface area contributed by atoms with Gasteiger partial charge in [0.15, 0.2) is 0 Å². The second-order valence-corrected chi connectivity index (χ2v) is 3.80. The SMILES string of the molecule is N#Cc1cccc(Oc2cccc(NN)c2[N+](=O)[O-])c1. The highest BCUT2D eigenvalue weighted by Gasteiger charge is 2.21. The third-order valence-electron chi connectivity index (χ3n) is 2.53. The average Bonchev–Trinajstić information content (AvgIpc) is 2.46. The summed E-state index contributed by atoms with van der Waals surface area (Å²) in [4.78, 5) is 10.5. The molecular weight excluding hydrogens is 260 g/mol. The number of nitriles is 1. The number of benzene rings is 2. The van der Waals surface area contributed by atoms with Crippen LogP contribution in [-0.4, -0.2) is 4.92 Å². The second kappa shape index (κ2) is 5.69. The molecule has 2 aromatic carbocycles. The van der Waals surface area contributed by atoms with Gasteiger partial charge in [-0.15, -0.1) is 0 Å². The van der Waals surface area contributed by atoms with E-state index >= 15 is 0 Å². The van der Waals surface area contributed by atoms with E-state index in [-0.39, 0.29) is 17.1 Å². The molecule has 0 bridgehead atoms. The molecule has 3 N–H and O–H groups in total. The molecule has 0 heterocycles. The number of nitrogens with two attached hydrogens (primary N) is 1. The van der Waals surface area contributed by atoms with E-state index < -0.39 is 4.92 Å². The van der Waals surface area contributed by atoms with E-state index in [9.17, 15) is 10.1 Å². The molecule has 100 valence electrons. The minimum atomic E-state index is -0.585. The lowest BCUT2D eigenvalue weighted by atomic mass is 10.2. The first-order valence-electron chi connectivity index (χ1n) is 5.57. The van der Waals surface area contributed by atoms with E-state index in [1.54, 1.807) is 24.3 Å². The maximum Gasteiger partial charge on any atom is 0.335 e. The van der Waals surface area contributed by atoms with Gasteiger partial charge in [-0.3, -0.25) is 16.0 Å². The Morgan fingerprint density at radius 3 is 2.70 bits per heavy atom. The van der Waals surface area contributed by atoms with Crippen molar-refractivity contribution in [3.05, 3.63) is 58.1 Å². The Kier molecular flexibility index (Phi) is 3.79. The molecule has 0 aliphatic heterocycles. The molecule has 0 atom stereocenters.